The summed E-state index contributed by atoms with van der Waals surface area (Å²) in [5.74, 6) is 0.856. The summed E-state index contributed by atoms with van der Waals surface area (Å²) in [7, 11) is 1.67. The van der Waals surface area contributed by atoms with Crippen molar-refractivity contribution in [2.75, 3.05) is 7.11 Å². The molecule has 0 aliphatic heterocycles. The zero-order valence-corrected chi connectivity index (χ0v) is 6.51. The Morgan fingerprint density at radius 1 is 1.60 bits per heavy atom. The minimum absolute atomic E-state index is 0.302. The zero-order valence-electron chi connectivity index (χ0n) is 6.51. The minimum Gasteiger partial charge on any atom is -0.371 e. The van der Waals surface area contributed by atoms with Crippen molar-refractivity contribution in [1.29, 1.82) is 0 Å². The number of hydrogen-bond acceptors (Lipinski definition) is 2. The van der Waals surface area contributed by atoms with Crippen LogP contribution in [0.3, 0.4) is 0 Å². The molecule has 0 aliphatic carbocycles. The van der Waals surface area contributed by atoms with Crippen molar-refractivity contribution in [2.24, 2.45) is 0 Å². The molecule has 0 fully saturated rings. The Morgan fingerprint density at radius 3 is 2.70 bits per heavy atom. The van der Waals surface area contributed by atoms with Gasteiger partial charge in [-0.3, -0.25) is 0 Å². The topological polar surface area (TPSA) is 37.9 Å². The molecule has 0 aromatic carbocycles. The molecule has 3 nitrogen and oxygen atoms in total. The van der Waals surface area contributed by atoms with Crippen LogP contribution in [0.25, 0.3) is 0 Å². The molecule has 1 aromatic heterocycles. The van der Waals surface area contributed by atoms with Crippen LogP contribution in [0.1, 0.15) is 19.7 Å². The second-order valence-electron chi connectivity index (χ2n) is 2.65. The third kappa shape index (κ3) is 1.19. The summed E-state index contributed by atoms with van der Waals surface area (Å²) in [5, 5.41) is 0. The van der Waals surface area contributed by atoms with Crippen LogP contribution in [0.2, 0.25) is 0 Å². The highest BCUT2D eigenvalue weighted by molar-refractivity contribution is 4.97. The van der Waals surface area contributed by atoms with Gasteiger partial charge >= 0.3 is 0 Å². The molecular formula is C7H12N2O. The fourth-order valence-corrected chi connectivity index (χ4v) is 0.691. The van der Waals surface area contributed by atoms with Crippen LogP contribution in [0.5, 0.6) is 0 Å². The molecule has 1 aromatic rings. The lowest BCUT2D eigenvalue weighted by Crippen LogP contribution is -2.20. The highest BCUT2D eigenvalue weighted by atomic mass is 16.5. The van der Waals surface area contributed by atoms with E-state index < -0.39 is 0 Å². The Hall–Kier alpha value is -0.830. The molecule has 1 heterocycles. The van der Waals surface area contributed by atoms with Crippen molar-refractivity contribution in [1.82, 2.24) is 9.97 Å². The zero-order chi connectivity index (χ0) is 7.61. The van der Waals surface area contributed by atoms with Crippen LogP contribution in [-0.4, -0.2) is 17.1 Å². The van der Waals surface area contributed by atoms with Crippen molar-refractivity contribution in [2.45, 2.75) is 19.4 Å². The predicted molar refractivity (Wildman–Crippen MR) is 38.6 cm³/mol. The second kappa shape index (κ2) is 2.42. The first-order valence-electron chi connectivity index (χ1n) is 3.22. The van der Waals surface area contributed by atoms with Crippen LogP contribution in [0.4, 0.5) is 0 Å². The van der Waals surface area contributed by atoms with Crippen LogP contribution < -0.4 is 0 Å². The average molecular weight is 140 g/mol. The maximum atomic E-state index is 5.19. The lowest BCUT2D eigenvalue weighted by atomic mass is 10.1. The van der Waals surface area contributed by atoms with Gasteiger partial charge in [-0.2, -0.15) is 0 Å². The standard InChI is InChI=1S/C7H12N2O/c1-7(2,10-3)6-8-4-5-9-6/h4-5H,1-3H3,(H,8,9). The number of methoxy groups -OCH3 is 1. The molecular weight excluding hydrogens is 128 g/mol. The first-order chi connectivity index (χ1) is 4.67. The molecule has 0 saturated heterocycles. The van der Waals surface area contributed by atoms with Crippen molar-refractivity contribution in [3.8, 4) is 0 Å². The average Bonchev–Trinajstić information content (AvgIpc) is 2.38. The van der Waals surface area contributed by atoms with Crippen LogP contribution in [0.15, 0.2) is 12.4 Å². The Kier molecular flexibility index (Phi) is 1.76. The van der Waals surface area contributed by atoms with Gasteiger partial charge in [0.1, 0.15) is 11.4 Å². The van der Waals surface area contributed by atoms with Crippen molar-refractivity contribution < 1.29 is 4.74 Å². The summed E-state index contributed by atoms with van der Waals surface area (Å²) in [6, 6.07) is 0. The fourth-order valence-electron chi connectivity index (χ4n) is 0.691. The van der Waals surface area contributed by atoms with Gasteiger partial charge in [-0.05, 0) is 13.8 Å². The van der Waals surface area contributed by atoms with E-state index in [0.717, 1.165) is 5.82 Å². The van der Waals surface area contributed by atoms with Gasteiger partial charge in [0.15, 0.2) is 0 Å². The smallest absolute Gasteiger partial charge is 0.137 e. The van der Waals surface area contributed by atoms with Gasteiger partial charge in [0.2, 0.25) is 0 Å². The normalized spacial score (nSPS) is 11.9. The van der Waals surface area contributed by atoms with Crippen LogP contribution in [0, 0.1) is 0 Å². The maximum Gasteiger partial charge on any atom is 0.137 e. The summed E-state index contributed by atoms with van der Waals surface area (Å²) in [6.45, 7) is 3.93. The van der Waals surface area contributed by atoms with Gasteiger partial charge in [-0.1, -0.05) is 0 Å². The molecule has 0 atom stereocenters. The molecule has 10 heavy (non-hydrogen) atoms. The number of ether oxygens (including phenoxy) is 1. The number of aromatic nitrogens is 2. The lowest BCUT2D eigenvalue weighted by Gasteiger charge is -2.19. The predicted octanol–water partition coefficient (Wildman–Crippen LogP) is 1.29. The molecule has 0 unspecified atom stereocenters. The monoisotopic (exact) mass is 140 g/mol. The van der Waals surface area contributed by atoms with E-state index in [4.69, 9.17) is 4.74 Å². The van der Waals surface area contributed by atoms with Crippen LogP contribution in [-0.2, 0) is 10.3 Å². The van der Waals surface area contributed by atoms with E-state index in [1.165, 1.54) is 0 Å². The molecule has 3 heteroatoms. The number of hydrogen-bond donors (Lipinski definition) is 1. The number of nitrogens with zero attached hydrogens (tertiary/aromatic N) is 1. The Morgan fingerprint density at radius 2 is 2.30 bits per heavy atom. The van der Waals surface area contributed by atoms with Crippen molar-refractivity contribution in [3.63, 3.8) is 0 Å². The third-order valence-corrected chi connectivity index (χ3v) is 1.58. The van der Waals surface area contributed by atoms with Crippen molar-refractivity contribution in [3.05, 3.63) is 18.2 Å². The molecule has 0 spiro atoms. The molecule has 1 N–H and O–H groups in total. The van der Waals surface area contributed by atoms with Crippen molar-refractivity contribution >= 4 is 0 Å². The summed E-state index contributed by atoms with van der Waals surface area (Å²) >= 11 is 0. The van der Waals surface area contributed by atoms with Gasteiger partial charge in [-0.15, -0.1) is 0 Å². The van der Waals surface area contributed by atoms with E-state index >= 15 is 0 Å². The second-order valence-corrected chi connectivity index (χ2v) is 2.65. The fraction of sp³-hybridized carbons (Fsp3) is 0.571. The first kappa shape index (κ1) is 7.28. The number of imidazole rings is 1. The number of nitrogens with one attached hydrogen (secondary N) is 1. The highest BCUT2D eigenvalue weighted by Crippen LogP contribution is 2.18. The molecule has 1 rings (SSSR count). The number of aromatic amines is 1. The van der Waals surface area contributed by atoms with Crippen LogP contribution >= 0.6 is 0 Å². The van der Waals surface area contributed by atoms with Gasteiger partial charge in [0, 0.05) is 19.5 Å². The van der Waals surface area contributed by atoms with E-state index in [9.17, 15) is 0 Å². The van der Waals surface area contributed by atoms with E-state index in [1.54, 1.807) is 19.5 Å². The number of rotatable bonds is 2. The first-order valence-corrected chi connectivity index (χ1v) is 3.22. The maximum absolute atomic E-state index is 5.19. The minimum atomic E-state index is -0.302. The Bertz CT molecular complexity index is 191. The van der Waals surface area contributed by atoms with Gasteiger partial charge < -0.3 is 9.72 Å². The van der Waals surface area contributed by atoms with Gasteiger partial charge in [0.25, 0.3) is 0 Å². The largest absolute Gasteiger partial charge is 0.371 e. The molecule has 56 valence electrons. The summed E-state index contributed by atoms with van der Waals surface area (Å²) in [5.41, 5.74) is -0.302. The van der Waals surface area contributed by atoms with E-state index in [-0.39, 0.29) is 5.60 Å². The third-order valence-electron chi connectivity index (χ3n) is 1.58. The quantitative estimate of drug-likeness (QED) is 0.672. The molecule has 0 bridgehead atoms. The lowest BCUT2D eigenvalue weighted by molar-refractivity contribution is 0.0122. The van der Waals surface area contributed by atoms with E-state index in [0.29, 0.717) is 0 Å². The Labute approximate surface area is 60.4 Å². The Balaban J connectivity index is 2.85. The summed E-state index contributed by atoms with van der Waals surface area (Å²) < 4.78 is 5.19. The number of H-pyrrole nitrogens is 1. The molecule has 0 amide bonds. The van der Waals surface area contributed by atoms with E-state index in [1.807, 2.05) is 13.8 Å². The van der Waals surface area contributed by atoms with E-state index in [2.05, 4.69) is 9.97 Å². The highest BCUT2D eigenvalue weighted by Gasteiger charge is 2.21. The summed E-state index contributed by atoms with van der Waals surface area (Å²) in [4.78, 5) is 7.07. The molecule has 0 radical (unpaired) electrons. The SMILES string of the molecule is COC(C)(C)c1ncc[nH]1. The molecule has 0 saturated carbocycles. The van der Waals surface area contributed by atoms with Gasteiger partial charge in [0.05, 0.1) is 0 Å². The summed E-state index contributed by atoms with van der Waals surface area (Å²) in [6.07, 6.45) is 3.51. The molecule has 0 aliphatic rings. The van der Waals surface area contributed by atoms with Gasteiger partial charge in [-0.25, -0.2) is 4.98 Å².